The molecule has 0 aliphatic carbocycles. The first-order valence-electron chi connectivity index (χ1n) is 5.97. The molecule has 0 radical (unpaired) electrons. The van der Waals surface area contributed by atoms with Crippen molar-refractivity contribution in [1.29, 1.82) is 0 Å². The van der Waals surface area contributed by atoms with Gasteiger partial charge in [0.15, 0.2) is 0 Å². The summed E-state index contributed by atoms with van der Waals surface area (Å²) in [7, 11) is 3.90. The van der Waals surface area contributed by atoms with Gasteiger partial charge in [0.1, 0.15) is 12.8 Å². The zero-order valence-electron chi connectivity index (χ0n) is 10.4. The van der Waals surface area contributed by atoms with Crippen LogP contribution in [0.1, 0.15) is 6.42 Å². The van der Waals surface area contributed by atoms with Gasteiger partial charge in [-0.3, -0.25) is 9.91 Å². The number of hydrogen-bond acceptors (Lipinski definition) is 7. The van der Waals surface area contributed by atoms with E-state index >= 15 is 0 Å². The number of piperidine rings is 1. The van der Waals surface area contributed by atoms with Crippen LogP contribution in [0.15, 0.2) is 10.4 Å². The molecule has 2 N–H and O–H groups in total. The Morgan fingerprint density at radius 3 is 2.35 bits per heavy atom. The van der Waals surface area contributed by atoms with E-state index in [4.69, 9.17) is 0 Å². The van der Waals surface area contributed by atoms with Crippen molar-refractivity contribution in [2.75, 3.05) is 40.5 Å². The van der Waals surface area contributed by atoms with Crippen molar-refractivity contribution in [2.24, 2.45) is 22.3 Å². The molecule has 0 amide bonds. The average Bonchev–Trinajstić information content (AvgIpc) is 2.75. The second kappa shape index (κ2) is 5.16. The molecule has 98 valence electrons. The highest BCUT2D eigenvalue weighted by Crippen LogP contribution is 2.29. The molecule has 1 fully saturated rings. The maximum absolute atomic E-state index is 9.38. The van der Waals surface area contributed by atoms with Gasteiger partial charge in [0, 0.05) is 26.8 Å². The molecule has 1 saturated heterocycles. The standard InChI is InChI=1S/C10H21N5O2/c1-13-4-9(6-17)8(5-16)3-10(13)15-7-14(2)11-12-15/h8-10,16-17H,3-7H2,1-2H3. The van der Waals surface area contributed by atoms with Gasteiger partial charge in [-0.2, -0.15) is 0 Å². The van der Waals surface area contributed by atoms with E-state index in [1.165, 1.54) is 0 Å². The molecule has 3 unspecified atom stereocenters. The van der Waals surface area contributed by atoms with Crippen molar-refractivity contribution in [3.05, 3.63) is 0 Å². The van der Waals surface area contributed by atoms with Crippen molar-refractivity contribution in [3.63, 3.8) is 0 Å². The summed E-state index contributed by atoms with van der Waals surface area (Å²) >= 11 is 0. The lowest BCUT2D eigenvalue weighted by Gasteiger charge is -2.43. The molecule has 17 heavy (non-hydrogen) atoms. The van der Waals surface area contributed by atoms with Gasteiger partial charge in [0.25, 0.3) is 0 Å². The summed E-state index contributed by atoms with van der Waals surface area (Å²) in [5, 5.41) is 30.5. The normalized spacial score (nSPS) is 34.7. The Bertz CT molecular complexity index is 288. The van der Waals surface area contributed by atoms with E-state index in [0.29, 0.717) is 6.67 Å². The van der Waals surface area contributed by atoms with Gasteiger partial charge in [-0.1, -0.05) is 5.22 Å². The van der Waals surface area contributed by atoms with Crippen LogP contribution in [0.2, 0.25) is 0 Å². The fourth-order valence-electron chi connectivity index (χ4n) is 2.60. The van der Waals surface area contributed by atoms with E-state index in [2.05, 4.69) is 15.3 Å². The number of rotatable bonds is 3. The minimum Gasteiger partial charge on any atom is -0.396 e. The molecule has 3 atom stereocenters. The van der Waals surface area contributed by atoms with Gasteiger partial charge in [0.05, 0.1) is 0 Å². The van der Waals surface area contributed by atoms with Crippen molar-refractivity contribution >= 4 is 0 Å². The van der Waals surface area contributed by atoms with Crippen molar-refractivity contribution in [1.82, 2.24) is 14.9 Å². The third-order valence-corrected chi connectivity index (χ3v) is 3.68. The maximum Gasteiger partial charge on any atom is 0.128 e. The van der Waals surface area contributed by atoms with Crippen LogP contribution in [0.5, 0.6) is 0 Å². The minimum absolute atomic E-state index is 0.121. The van der Waals surface area contributed by atoms with Crippen LogP contribution in [0.4, 0.5) is 0 Å². The molecular weight excluding hydrogens is 222 g/mol. The number of aliphatic hydroxyl groups excluding tert-OH is 2. The van der Waals surface area contributed by atoms with Crippen LogP contribution in [-0.2, 0) is 0 Å². The average molecular weight is 243 g/mol. The first-order chi connectivity index (χ1) is 8.15. The molecule has 0 aromatic carbocycles. The van der Waals surface area contributed by atoms with Crippen LogP contribution >= 0.6 is 0 Å². The largest absolute Gasteiger partial charge is 0.396 e. The zero-order valence-corrected chi connectivity index (χ0v) is 10.4. The summed E-state index contributed by atoms with van der Waals surface area (Å²) < 4.78 is 0. The van der Waals surface area contributed by atoms with Gasteiger partial charge in [0.2, 0.25) is 0 Å². The Balaban J connectivity index is 2.01. The highest BCUT2D eigenvalue weighted by atomic mass is 16.3. The molecule has 2 heterocycles. The van der Waals surface area contributed by atoms with E-state index < -0.39 is 0 Å². The highest BCUT2D eigenvalue weighted by molar-refractivity contribution is 4.84. The smallest absolute Gasteiger partial charge is 0.128 e. The van der Waals surface area contributed by atoms with Gasteiger partial charge in [-0.15, -0.1) is 0 Å². The summed E-state index contributed by atoms with van der Waals surface area (Å²) in [4.78, 5) is 2.17. The third kappa shape index (κ3) is 2.51. The van der Waals surface area contributed by atoms with Crippen molar-refractivity contribution in [2.45, 2.75) is 12.6 Å². The quantitative estimate of drug-likeness (QED) is 0.689. The van der Waals surface area contributed by atoms with Crippen LogP contribution in [0.3, 0.4) is 0 Å². The van der Waals surface area contributed by atoms with Gasteiger partial charge >= 0.3 is 0 Å². The van der Waals surface area contributed by atoms with Crippen molar-refractivity contribution < 1.29 is 10.2 Å². The zero-order chi connectivity index (χ0) is 12.4. The number of nitrogens with zero attached hydrogens (tertiary/aromatic N) is 5. The van der Waals surface area contributed by atoms with E-state index in [1.807, 2.05) is 19.1 Å². The Morgan fingerprint density at radius 1 is 1.12 bits per heavy atom. The second-order valence-electron chi connectivity index (χ2n) is 4.96. The number of aliphatic hydroxyl groups is 2. The summed E-state index contributed by atoms with van der Waals surface area (Å²) in [6, 6.07) is 0. The lowest BCUT2D eigenvalue weighted by molar-refractivity contribution is -0.0454. The highest BCUT2D eigenvalue weighted by Gasteiger charge is 2.37. The Hall–Kier alpha value is -0.920. The fourth-order valence-corrected chi connectivity index (χ4v) is 2.60. The topological polar surface area (TPSA) is 74.9 Å². The van der Waals surface area contributed by atoms with Crippen LogP contribution in [0.25, 0.3) is 0 Å². The SMILES string of the molecule is CN1CN(C2CC(CO)C(CO)CN2C)N=N1. The van der Waals surface area contributed by atoms with Gasteiger partial charge in [-0.25, -0.2) is 5.01 Å². The number of hydrogen-bond donors (Lipinski definition) is 2. The number of likely N-dealkylation sites (tertiary alicyclic amines) is 1. The van der Waals surface area contributed by atoms with Crippen LogP contribution in [-0.4, -0.2) is 71.8 Å². The molecule has 0 saturated carbocycles. The van der Waals surface area contributed by atoms with E-state index in [-0.39, 0.29) is 31.2 Å². The van der Waals surface area contributed by atoms with Crippen molar-refractivity contribution in [3.8, 4) is 0 Å². The first-order valence-corrected chi connectivity index (χ1v) is 5.97. The fraction of sp³-hybridized carbons (Fsp3) is 1.00. The molecule has 2 aliphatic heterocycles. The molecule has 0 aromatic heterocycles. The molecule has 7 heteroatoms. The Kier molecular flexibility index (Phi) is 3.80. The van der Waals surface area contributed by atoms with Gasteiger partial charge in [-0.05, 0) is 30.5 Å². The predicted molar refractivity (Wildman–Crippen MR) is 61.5 cm³/mol. The Morgan fingerprint density at radius 2 is 1.82 bits per heavy atom. The predicted octanol–water partition coefficient (Wildman–Crippen LogP) is -0.648. The molecule has 2 aliphatic rings. The molecule has 0 bridgehead atoms. The molecule has 0 aromatic rings. The van der Waals surface area contributed by atoms with E-state index in [9.17, 15) is 10.2 Å². The van der Waals surface area contributed by atoms with Crippen LogP contribution in [0, 0.1) is 11.8 Å². The lowest BCUT2D eigenvalue weighted by Crippen LogP contribution is -2.53. The summed E-state index contributed by atoms with van der Waals surface area (Å²) in [5.41, 5.74) is 0. The van der Waals surface area contributed by atoms with E-state index in [1.54, 1.807) is 5.01 Å². The molecular formula is C10H21N5O2. The summed E-state index contributed by atoms with van der Waals surface area (Å²) in [6.07, 6.45) is 0.967. The lowest BCUT2D eigenvalue weighted by atomic mass is 9.85. The summed E-state index contributed by atoms with van der Waals surface area (Å²) in [6.45, 7) is 1.71. The second-order valence-corrected chi connectivity index (χ2v) is 4.96. The molecule has 7 nitrogen and oxygen atoms in total. The van der Waals surface area contributed by atoms with Crippen LogP contribution < -0.4 is 0 Å². The first kappa shape index (κ1) is 12.5. The van der Waals surface area contributed by atoms with Gasteiger partial charge < -0.3 is 10.2 Å². The van der Waals surface area contributed by atoms with E-state index in [0.717, 1.165) is 13.0 Å². The minimum atomic E-state index is 0.121. The summed E-state index contributed by atoms with van der Waals surface area (Å²) in [5.74, 6) is 0.292. The monoisotopic (exact) mass is 243 g/mol. The maximum atomic E-state index is 9.38. The molecule has 2 rings (SSSR count). The molecule has 0 spiro atoms. The Labute approximate surface area is 101 Å². The third-order valence-electron chi connectivity index (χ3n) is 3.68.